The number of anilines is 1. The standard InChI is InChI=1S/C18H17FN4O2S.C14H13NO7S.C5H12NO4P/c1-4-5-22-13-7-12(11(19)6-14(13)25-9-16(22)24)20-17-23-10-18(2,3)8-15(23)21-26-17;1-23(21,22)8-5-6-9(10(7-8)15(19)20)14(18)13-11(16)3-2-4-12(13)17;1-11(9,10)3-2-4(6)5(7)8/h1,6-7H,5,8-10H2,2-3H3;5-7,13H,2-4H2,1H3;4H,2-3,6H2,1H3,(H,7,8)(H,9,10). The Kier molecular flexibility index (Phi) is 14.8. The number of sulfone groups is 1. The molecule has 3 aromatic rings. The molecule has 4 N–H and O–H groups in total. The first-order chi connectivity index (χ1) is 27.8. The molecule has 0 saturated heterocycles. The van der Waals surface area contributed by atoms with Crippen molar-refractivity contribution in [1.29, 1.82) is 0 Å². The number of hydrogen-bond donors (Lipinski definition) is 3. The number of hydrogen-bond acceptors (Lipinski definition) is 15. The van der Waals surface area contributed by atoms with Gasteiger partial charge < -0.3 is 25.0 Å². The van der Waals surface area contributed by atoms with E-state index < -0.39 is 74.5 Å². The number of Topliss-reactive ketones (excluding diaryl/α,β-unsaturated/α-hetero) is 3. The number of terminal acetylenes is 1. The summed E-state index contributed by atoms with van der Waals surface area (Å²) in [5.41, 5.74) is 4.60. The zero-order valence-corrected chi connectivity index (χ0v) is 35.4. The van der Waals surface area contributed by atoms with Crippen molar-refractivity contribution in [2.45, 2.75) is 63.4 Å². The van der Waals surface area contributed by atoms with Gasteiger partial charge in [0.1, 0.15) is 29.2 Å². The summed E-state index contributed by atoms with van der Waals surface area (Å²) in [7, 11) is -6.80. The van der Waals surface area contributed by atoms with Crippen molar-refractivity contribution in [3.63, 3.8) is 0 Å². The van der Waals surface area contributed by atoms with Gasteiger partial charge in [0.05, 0.1) is 27.6 Å². The van der Waals surface area contributed by atoms with Crippen LogP contribution in [0.2, 0.25) is 0 Å². The zero-order chi connectivity index (χ0) is 44.9. The average Bonchev–Trinajstić information content (AvgIpc) is 3.66. The van der Waals surface area contributed by atoms with Crippen LogP contribution in [0.15, 0.2) is 40.2 Å². The number of carbonyl (C=O) groups excluding carboxylic acids is 4. The number of nitrogens with two attached hydrogens (primary N) is 1. The van der Waals surface area contributed by atoms with E-state index in [1.54, 1.807) is 0 Å². The summed E-state index contributed by atoms with van der Waals surface area (Å²) in [6.45, 7) is 6.24. The highest BCUT2D eigenvalue weighted by atomic mass is 32.2. The summed E-state index contributed by atoms with van der Waals surface area (Å²) in [4.78, 5) is 83.4. The molecule has 2 unspecified atom stereocenters. The SMILES string of the molecule is C#CCN1C(=O)COc2cc(F)c(N=c3snc4n3CC(C)(C)C4)cc21.CP(=O)(O)CCC(N)C(=O)O.CS(=O)(=O)c1ccc(C(=O)C2C(=O)CCCC2=O)c([N+](=O)[O-])c1. The van der Waals surface area contributed by atoms with E-state index in [1.165, 1.54) is 35.2 Å². The molecule has 0 spiro atoms. The van der Waals surface area contributed by atoms with Crippen molar-refractivity contribution in [2.75, 3.05) is 37.1 Å². The summed E-state index contributed by atoms with van der Waals surface area (Å²) in [6.07, 6.45) is 7.58. The maximum Gasteiger partial charge on any atom is 0.320 e. The largest absolute Gasteiger partial charge is 0.481 e. The van der Waals surface area contributed by atoms with E-state index >= 15 is 0 Å². The number of nitrogens with zero attached hydrogens (tertiary/aromatic N) is 5. The molecule has 1 saturated carbocycles. The van der Waals surface area contributed by atoms with Crippen molar-refractivity contribution in [3.8, 4) is 18.1 Å². The first kappa shape index (κ1) is 47.2. The Hall–Kier alpha value is -5.46. The van der Waals surface area contributed by atoms with Crippen LogP contribution >= 0.6 is 18.9 Å². The first-order valence-electron chi connectivity index (χ1n) is 18.0. The van der Waals surface area contributed by atoms with Crippen LogP contribution in [0.4, 0.5) is 21.5 Å². The Morgan fingerprint density at radius 2 is 1.88 bits per heavy atom. The van der Waals surface area contributed by atoms with Gasteiger partial charge in [0.25, 0.3) is 11.6 Å². The van der Waals surface area contributed by atoms with Gasteiger partial charge >= 0.3 is 5.97 Å². The number of benzene rings is 2. The van der Waals surface area contributed by atoms with Crippen LogP contribution in [0.5, 0.6) is 5.75 Å². The van der Waals surface area contributed by atoms with Gasteiger partial charge in [0, 0.05) is 68.6 Å². The molecule has 1 fully saturated rings. The van der Waals surface area contributed by atoms with E-state index in [2.05, 4.69) is 29.1 Å². The number of carbonyl (C=O) groups is 5. The fraction of sp³-hybridized carbons (Fsp3) is 0.432. The summed E-state index contributed by atoms with van der Waals surface area (Å²) < 4.78 is 59.9. The average molecular weight is 893 g/mol. The zero-order valence-electron chi connectivity index (χ0n) is 32.8. The minimum absolute atomic E-state index is 0.0412. The summed E-state index contributed by atoms with van der Waals surface area (Å²) in [5, 5.41) is 19.4. The van der Waals surface area contributed by atoms with Gasteiger partial charge in [-0.1, -0.05) is 19.8 Å². The molecular weight excluding hydrogens is 851 g/mol. The second-order valence-corrected chi connectivity index (χ2v) is 20.3. The maximum atomic E-state index is 14.5. The number of ketones is 3. The number of aliphatic carboxylic acids is 1. The molecule has 2 aromatic carbocycles. The van der Waals surface area contributed by atoms with Crippen molar-refractivity contribution < 1.29 is 61.0 Å². The Bertz CT molecular complexity index is 2510. The monoisotopic (exact) mass is 892 g/mol. The van der Waals surface area contributed by atoms with Crippen LogP contribution in [0.3, 0.4) is 0 Å². The number of ether oxygens (including phenoxy) is 1. The molecule has 0 bridgehead atoms. The van der Waals surface area contributed by atoms with Crippen LogP contribution in [-0.2, 0) is 46.5 Å². The Morgan fingerprint density at radius 1 is 1.23 bits per heavy atom. The van der Waals surface area contributed by atoms with Gasteiger partial charge in [0.2, 0.25) is 4.80 Å². The van der Waals surface area contributed by atoms with Gasteiger partial charge in [-0.25, -0.2) is 17.8 Å². The second-order valence-electron chi connectivity index (χ2n) is 15.0. The number of nitro groups is 1. The minimum Gasteiger partial charge on any atom is -0.481 e. The minimum atomic E-state index is -3.70. The van der Waals surface area contributed by atoms with Crippen molar-refractivity contribution in [1.82, 2.24) is 8.94 Å². The van der Waals surface area contributed by atoms with Crippen molar-refractivity contribution in [3.05, 3.63) is 62.5 Å². The molecule has 3 heterocycles. The van der Waals surface area contributed by atoms with Crippen LogP contribution in [0.1, 0.15) is 55.7 Å². The van der Waals surface area contributed by atoms with Crippen LogP contribution < -0.4 is 20.2 Å². The Balaban J connectivity index is 0.000000215. The number of carboxylic acids is 1. The molecule has 1 aliphatic carbocycles. The molecule has 19 nitrogen and oxygen atoms in total. The van der Waals surface area contributed by atoms with Gasteiger partial charge in [-0.05, 0) is 36.5 Å². The number of rotatable bonds is 10. The Labute approximate surface area is 347 Å². The van der Waals surface area contributed by atoms with E-state index in [0.29, 0.717) is 22.7 Å². The number of amides is 1. The molecule has 60 heavy (non-hydrogen) atoms. The third-order valence-electron chi connectivity index (χ3n) is 9.22. The summed E-state index contributed by atoms with van der Waals surface area (Å²) in [5.74, 6) is -1.83. The third-order valence-corrected chi connectivity index (χ3v) is 12.2. The highest BCUT2D eigenvalue weighted by molar-refractivity contribution is 7.90. The molecule has 3 aliphatic rings. The molecule has 2 aliphatic heterocycles. The van der Waals surface area contributed by atoms with E-state index in [9.17, 15) is 51.5 Å². The lowest BCUT2D eigenvalue weighted by molar-refractivity contribution is -0.385. The predicted octanol–water partition coefficient (Wildman–Crippen LogP) is 3.06. The van der Waals surface area contributed by atoms with Gasteiger partial charge in [0.15, 0.2) is 47.0 Å². The van der Waals surface area contributed by atoms with Gasteiger partial charge in [-0.3, -0.25) is 43.6 Å². The highest BCUT2D eigenvalue weighted by Crippen LogP contribution is 2.38. The number of fused-ring (bicyclic) bond motifs is 2. The Morgan fingerprint density at radius 3 is 2.45 bits per heavy atom. The molecule has 0 radical (unpaired) electrons. The fourth-order valence-corrected chi connectivity index (χ4v) is 8.36. The van der Waals surface area contributed by atoms with Gasteiger partial charge in [-0.2, -0.15) is 4.37 Å². The van der Waals surface area contributed by atoms with Gasteiger partial charge in [-0.15, -0.1) is 6.42 Å². The smallest absolute Gasteiger partial charge is 0.320 e. The maximum absolute atomic E-state index is 14.5. The lowest BCUT2D eigenvalue weighted by atomic mass is 9.81. The predicted molar refractivity (Wildman–Crippen MR) is 215 cm³/mol. The number of aromatic nitrogens is 2. The topological polar surface area (TPSA) is 289 Å². The summed E-state index contributed by atoms with van der Waals surface area (Å²) >= 11 is 1.24. The molecule has 23 heteroatoms. The van der Waals surface area contributed by atoms with E-state index in [4.69, 9.17) is 26.9 Å². The summed E-state index contributed by atoms with van der Waals surface area (Å²) in [6, 6.07) is 4.52. The van der Waals surface area contributed by atoms with E-state index in [1.807, 2.05) is 4.57 Å². The van der Waals surface area contributed by atoms with Crippen LogP contribution in [0.25, 0.3) is 0 Å². The molecule has 1 amide bonds. The highest BCUT2D eigenvalue weighted by Gasteiger charge is 2.39. The molecule has 1 aromatic heterocycles. The fourth-order valence-electron chi connectivity index (χ4n) is 6.20. The van der Waals surface area contributed by atoms with Crippen molar-refractivity contribution >= 4 is 75.0 Å². The number of carboxylic acid groups (broad SMARTS) is 1. The van der Waals surface area contributed by atoms with Crippen molar-refractivity contribution in [2.24, 2.45) is 22.1 Å². The number of nitro benzene ring substituents is 1. The lowest BCUT2D eigenvalue weighted by Gasteiger charge is -2.28. The molecule has 2 atom stereocenters. The molecule has 322 valence electrons. The normalized spacial score (nSPS) is 17.7. The first-order valence-corrected chi connectivity index (χ1v) is 23.0. The molecule has 6 rings (SSSR count). The van der Waals surface area contributed by atoms with E-state index in [-0.39, 0.29) is 60.5 Å². The lowest BCUT2D eigenvalue weighted by Crippen LogP contribution is -2.39. The van der Waals surface area contributed by atoms with Crippen LogP contribution in [0, 0.1) is 39.6 Å². The third kappa shape index (κ3) is 11.8. The number of halogens is 1. The molecular formula is C37H42FN6O13PS2. The van der Waals surface area contributed by atoms with E-state index in [0.717, 1.165) is 43.2 Å². The quantitative estimate of drug-likeness (QED) is 0.0658. The second kappa shape index (κ2) is 18.9. The van der Waals surface area contributed by atoms with Crippen LogP contribution in [-0.4, -0.2) is 99.8 Å².